The lowest BCUT2D eigenvalue weighted by molar-refractivity contribution is -0.152. The van der Waals surface area contributed by atoms with E-state index in [1.54, 1.807) is 0 Å². The van der Waals surface area contributed by atoms with Gasteiger partial charge in [-0.05, 0) is 20.8 Å². The van der Waals surface area contributed by atoms with Gasteiger partial charge in [0, 0.05) is 0 Å². The van der Waals surface area contributed by atoms with Crippen LogP contribution in [0.1, 0.15) is 34.6 Å². The molecule has 0 radical (unpaired) electrons. The smallest absolute Gasteiger partial charge is 0.308 e. The molecule has 0 aromatic heterocycles. The van der Waals surface area contributed by atoms with Gasteiger partial charge in [-0.2, -0.15) is 0 Å². The van der Waals surface area contributed by atoms with E-state index in [-0.39, 0.29) is 24.1 Å². The number of rotatable bonds is 5. The summed E-state index contributed by atoms with van der Waals surface area (Å²) in [6.45, 7) is 9.79. The third-order valence-electron chi connectivity index (χ3n) is 1.44. The summed E-state index contributed by atoms with van der Waals surface area (Å²) < 4.78 is 10.4. The van der Waals surface area contributed by atoms with E-state index in [4.69, 9.17) is 9.47 Å². The van der Waals surface area contributed by atoms with Crippen LogP contribution in [0.25, 0.3) is 0 Å². The lowest BCUT2D eigenvalue weighted by Gasteiger charge is -2.16. The summed E-state index contributed by atoms with van der Waals surface area (Å²) >= 11 is 0. The summed E-state index contributed by atoms with van der Waals surface area (Å²) in [6, 6.07) is 0. The van der Waals surface area contributed by atoms with Crippen LogP contribution in [0.4, 0.5) is 0 Å². The molecular formula is C10H20O3. The second kappa shape index (κ2) is 5.97. The lowest BCUT2D eigenvalue weighted by Crippen LogP contribution is -2.23. The maximum absolute atomic E-state index is 11.1. The van der Waals surface area contributed by atoms with Crippen LogP contribution in [0.2, 0.25) is 0 Å². The van der Waals surface area contributed by atoms with Gasteiger partial charge in [-0.25, -0.2) is 0 Å². The monoisotopic (exact) mass is 188 g/mol. The molecule has 0 saturated carbocycles. The normalized spacial score (nSPS) is 13.5. The molecule has 0 heterocycles. The highest BCUT2D eigenvalue weighted by Gasteiger charge is 2.11. The summed E-state index contributed by atoms with van der Waals surface area (Å²) in [5, 5.41) is 0. The fourth-order valence-corrected chi connectivity index (χ4v) is 0.870. The van der Waals surface area contributed by atoms with Crippen LogP contribution in [-0.4, -0.2) is 24.8 Å². The average molecular weight is 188 g/mol. The Bertz CT molecular complexity index is 152. The first-order chi connectivity index (χ1) is 5.93. The molecule has 3 nitrogen and oxygen atoms in total. The third kappa shape index (κ3) is 6.58. The van der Waals surface area contributed by atoms with E-state index in [9.17, 15) is 4.79 Å². The Labute approximate surface area is 80.4 Å². The largest absolute Gasteiger partial charge is 0.463 e. The summed E-state index contributed by atoms with van der Waals surface area (Å²) in [7, 11) is 0. The van der Waals surface area contributed by atoms with Crippen molar-refractivity contribution in [2.24, 2.45) is 5.92 Å². The fraction of sp³-hybridized carbons (Fsp3) is 0.900. The molecule has 0 aromatic carbocycles. The van der Waals surface area contributed by atoms with Crippen molar-refractivity contribution >= 4 is 5.97 Å². The van der Waals surface area contributed by atoms with Crippen molar-refractivity contribution in [1.29, 1.82) is 0 Å². The summed E-state index contributed by atoms with van der Waals surface area (Å²) in [5.41, 5.74) is 0. The first-order valence-corrected chi connectivity index (χ1v) is 4.75. The highest BCUT2D eigenvalue weighted by Crippen LogP contribution is 2.01. The molecule has 0 rings (SSSR count). The Hall–Kier alpha value is -0.570. The van der Waals surface area contributed by atoms with E-state index in [1.807, 2.05) is 34.6 Å². The van der Waals surface area contributed by atoms with Crippen molar-refractivity contribution in [3.8, 4) is 0 Å². The second-order valence-corrected chi connectivity index (χ2v) is 3.78. The van der Waals surface area contributed by atoms with Crippen LogP contribution in [0.3, 0.4) is 0 Å². The molecule has 0 aromatic rings. The number of ether oxygens (including phenoxy) is 2. The van der Waals surface area contributed by atoms with Crippen molar-refractivity contribution in [3.05, 3.63) is 0 Å². The minimum absolute atomic E-state index is 0.0253. The SMILES string of the molecule is CC(C)OC(C)COC(=O)C(C)C. The number of esters is 1. The highest BCUT2D eigenvalue weighted by atomic mass is 16.6. The molecule has 0 amide bonds. The lowest BCUT2D eigenvalue weighted by atomic mass is 10.2. The topological polar surface area (TPSA) is 35.5 Å². The van der Waals surface area contributed by atoms with Gasteiger partial charge < -0.3 is 9.47 Å². The Morgan fingerprint density at radius 2 is 1.69 bits per heavy atom. The van der Waals surface area contributed by atoms with E-state index in [2.05, 4.69) is 0 Å². The Morgan fingerprint density at radius 1 is 1.15 bits per heavy atom. The number of carbonyl (C=O) groups is 1. The summed E-state index contributed by atoms with van der Waals surface area (Å²) in [6.07, 6.45) is 0.149. The van der Waals surface area contributed by atoms with Crippen LogP contribution in [0.5, 0.6) is 0 Å². The molecule has 0 aliphatic carbocycles. The zero-order chi connectivity index (χ0) is 10.4. The molecule has 0 saturated heterocycles. The van der Waals surface area contributed by atoms with E-state index in [0.29, 0.717) is 6.61 Å². The molecule has 0 spiro atoms. The van der Waals surface area contributed by atoms with Gasteiger partial charge in [-0.15, -0.1) is 0 Å². The minimum Gasteiger partial charge on any atom is -0.463 e. The van der Waals surface area contributed by atoms with Crippen LogP contribution in [0, 0.1) is 5.92 Å². The van der Waals surface area contributed by atoms with Crippen LogP contribution >= 0.6 is 0 Å². The number of hydrogen-bond acceptors (Lipinski definition) is 3. The summed E-state index contributed by atoms with van der Waals surface area (Å²) in [5.74, 6) is -0.231. The van der Waals surface area contributed by atoms with Gasteiger partial charge in [0.05, 0.1) is 18.1 Å². The average Bonchev–Trinajstić information content (AvgIpc) is 1.98. The predicted octanol–water partition coefficient (Wildman–Crippen LogP) is 2.00. The van der Waals surface area contributed by atoms with Gasteiger partial charge in [0.2, 0.25) is 0 Å². The van der Waals surface area contributed by atoms with Gasteiger partial charge >= 0.3 is 5.97 Å². The fourth-order valence-electron chi connectivity index (χ4n) is 0.870. The molecule has 1 unspecified atom stereocenters. The molecule has 0 bridgehead atoms. The van der Waals surface area contributed by atoms with Gasteiger partial charge in [0.1, 0.15) is 6.61 Å². The number of carbonyl (C=O) groups excluding carboxylic acids is 1. The second-order valence-electron chi connectivity index (χ2n) is 3.78. The molecule has 3 heteroatoms. The Morgan fingerprint density at radius 3 is 2.08 bits per heavy atom. The van der Waals surface area contributed by atoms with Crippen LogP contribution < -0.4 is 0 Å². The molecule has 0 N–H and O–H groups in total. The maximum Gasteiger partial charge on any atom is 0.308 e. The maximum atomic E-state index is 11.1. The zero-order valence-electron chi connectivity index (χ0n) is 9.16. The van der Waals surface area contributed by atoms with Gasteiger partial charge in [0.25, 0.3) is 0 Å². The zero-order valence-corrected chi connectivity index (χ0v) is 9.16. The van der Waals surface area contributed by atoms with E-state index in [0.717, 1.165) is 0 Å². The molecular weight excluding hydrogens is 168 g/mol. The minimum atomic E-state index is -0.167. The summed E-state index contributed by atoms with van der Waals surface area (Å²) in [4.78, 5) is 11.1. The first-order valence-electron chi connectivity index (χ1n) is 4.75. The number of hydrogen-bond donors (Lipinski definition) is 0. The molecule has 0 aliphatic heterocycles. The van der Waals surface area contributed by atoms with E-state index < -0.39 is 0 Å². The van der Waals surface area contributed by atoms with Crippen LogP contribution in [-0.2, 0) is 14.3 Å². The van der Waals surface area contributed by atoms with Crippen molar-refractivity contribution < 1.29 is 14.3 Å². The van der Waals surface area contributed by atoms with Gasteiger partial charge in [-0.3, -0.25) is 4.79 Å². The standard InChI is InChI=1S/C10H20O3/c1-7(2)10(11)12-6-9(5)13-8(3)4/h7-9H,6H2,1-5H3. The molecule has 1 atom stereocenters. The molecule has 78 valence electrons. The third-order valence-corrected chi connectivity index (χ3v) is 1.44. The molecule has 0 fully saturated rings. The first kappa shape index (κ1) is 12.4. The van der Waals surface area contributed by atoms with Crippen LogP contribution in [0.15, 0.2) is 0 Å². The van der Waals surface area contributed by atoms with E-state index in [1.165, 1.54) is 0 Å². The Kier molecular flexibility index (Phi) is 5.71. The van der Waals surface area contributed by atoms with Crippen molar-refractivity contribution in [1.82, 2.24) is 0 Å². The van der Waals surface area contributed by atoms with Gasteiger partial charge in [0.15, 0.2) is 0 Å². The van der Waals surface area contributed by atoms with Gasteiger partial charge in [-0.1, -0.05) is 13.8 Å². The van der Waals surface area contributed by atoms with E-state index >= 15 is 0 Å². The predicted molar refractivity (Wildman–Crippen MR) is 51.5 cm³/mol. The molecule has 0 aliphatic rings. The van der Waals surface area contributed by atoms with Crippen molar-refractivity contribution in [2.75, 3.05) is 6.61 Å². The highest BCUT2D eigenvalue weighted by molar-refractivity contribution is 5.71. The van der Waals surface area contributed by atoms with Crippen molar-refractivity contribution in [2.45, 2.75) is 46.8 Å². The molecule has 13 heavy (non-hydrogen) atoms. The van der Waals surface area contributed by atoms with Crippen molar-refractivity contribution in [3.63, 3.8) is 0 Å². The quantitative estimate of drug-likeness (QED) is 0.619. The Balaban J connectivity index is 3.58.